The van der Waals surface area contributed by atoms with Gasteiger partial charge in [0.1, 0.15) is 5.75 Å². The van der Waals surface area contributed by atoms with E-state index in [0.717, 1.165) is 0 Å². The third-order valence-electron chi connectivity index (χ3n) is 2.37. The molecule has 5 nitrogen and oxygen atoms in total. The third kappa shape index (κ3) is 3.59. The van der Waals surface area contributed by atoms with Gasteiger partial charge in [-0.25, -0.2) is 0 Å². The summed E-state index contributed by atoms with van der Waals surface area (Å²) in [6.45, 7) is 2.43. The molecule has 2 aromatic rings. The number of nitrogens with one attached hydrogen (secondary N) is 1. The maximum atomic E-state index is 12.1. The maximum Gasteiger partial charge on any atom is 0.258 e. The quantitative estimate of drug-likeness (QED) is 0.939. The highest BCUT2D eigenvalue weighted by Crippen LogP contribution is 2.20. The summed E-state index contributed by atoms with van der Waals surface area (Å²) in [5.41, 5.74) is 0.749. The van der Waals surface area contributed by atoms with Crippen LogP contribution in [0, 0.1) is 0 Å². The van der Waals surface area contributed by atoms with E-state index in [4.69, 9.17) is 27.9 Å². The molecule has 1 aromatic heterocycles. The fourth-order valence-corrected chi connectivity index (χ4v) is 1.87. The molecule has 0 atom stereocenters. The van der Waals surface area contributed by atoms with Gasteiger partial charge in [0.25, 0.3) is 5.91 Å². The zero-order chi connectivity index (χ0) is 14.5. The molecule has 0 spiro atoms. The summed E-state index contributed by atoms with van der Waals surface area (Å²) in [4.78, 5) is 12.1. The number of amides is 1. The lowest BCUT2D eigenvalue weighted by Crippen LogP contribution is -2.13. The van der Waals surface area contributed by atoms with Crippen LogP contribution in [0.1, 0.15) is 17.3 Å². The Morgan fingerprint density at radius 3 is 2.85 bits per heavy atom. The molecular formula is C13H11Cl2N3O2. The van der Waals surface area contributed by atoms with Crippen molar-refractivity contribution < 1.29 is 9.53 Å². The summed E-state index contributed by atoms with van der Waals surface area (Å²) in [6, 6.07) is 8.39. The van der Waals surface area contributed by atoms with Crippen molar-refractivity contribution in [3.63, 3.8) is 0 Å². The summed E-state index contributed by atoms with van der Waals surface area (Å²) < 4.78 is 5.36. The molecule has 0 aliphatic heterocycles. The Morgan fingerprint density at radius 1 is 1.30 bits per heavy atom. The number of nitrogens with zero attached hydrogens (tertiary/aromatic N) is 2. The largest absolute Gasteiger partial charge is 0.494 e. The molecule has 7 heteroatoms. The molecule has 1 amide bonds. The van der Waals surface area contributed by atoms with Crippen LogP contribution in [0.25, 0.3) is 0 Å². The molecule has 1 N–H and O–H groups in total. The van der Waals surface area contributed by atoms with E-state index in [2.05, 4.69) is 15.5 Å². The minimum atomic E-state index is -0.416. The average Bonchev–Trinajstić information content (AvgIpc) is 2.42. The number of hydrogen-bond acceptors (Lipinski definition) is 4. The highest BCUT2D eigenvalue weighted by Gasteiger charge is 2.13. The number of anilines is 1. The first-order valence-corrected chi connectivity index (χ1v) is 6.58. The summed E-state index contributed by atoms with van der Waals surface area (Å²) in [7, 11) is 0. The van der Waals surface area contributed by atoms with Gasteiger partial charge in [-0.3, -0.25) is 4.79 Å². The van der Waals surface area contributed by atoms with E-state index >= 15 is 0 Å². The second-order valence-corrected chi connectivity index (χ2v) is 4.53. The van der Waals surface area contributed by atoms with Gasteiger partial charge < -0.3 is 10.1 Å². The summed E-state index contributed by atoms with van der Waals surface area (Å²) in [5.74, 6) is 0.253. The van der Waals surface area contributed by atoms with Gasteiger partial charge in [-0.15, -0.1) is 10.2 Å². The molecular weight excluding hydrogens is 301 g/mol. The van der Waals surface area contributed by atoms with Crippen molar-refractivity contribution in [1.82, 2.24) is 10.2 Å². The number of aromatic nitrogens is 2. The minimum Gasteiger partial charge on any atom is -0.494 e. The van der Waals surface area contributed by atoms with E-state index in [1.54, 1.807) is 24.3 Å². The normalized spacial score (nSPS) is 10.2. The second-order valence-electron chi connectivity index (χ2n) is 3.79. The van der Waals surface area contributed by atoms with E-state index in [9.17, 15) is 4.79 Å². The van der Waals surface area contributed by atoms with Crippen LogP contribution in [-0.4, -0.2) is 22.7 Å². The molecule has 0 bridgehead atoms. The SMILES string of the molecule is CCOc1cccc(NC(=O)c2cc(Cl)nnc2Cl)c1. The summed E-state index contributed by atoms with van der Waals surface area (Å²) >= 11 is 11.5. The fourth-order valence-electron chi connectivity index (χ4n) is 1.54. The molecule has 2 rings (SSSR count). The first-order chi connectivity index (χ1) is 9.60. The lowest BCUT2D eigenvalue weighted by Gasteiger charge is -2.08. The van der Waals surface area contributed by atoms with Crippen molar-refractivity contribution in [3.05, 3.63) is 46.2 Å². The van der Waals surface area contributed by atoms with Gasteiger partial charge in [0, 0.05) is 11.8 Å². The monoisotopic (exact) mass is 311 g/mol. The van der Waals surface area contributed by atoms with Crippen LogP contribution in [0.4, 0.5) is 5.69 Å². The van der Waals surface area contributed by atoms with Gasteiger partial charge in [-0.1, -0.05) is 29.3 Å². The number of benzene rings is 1. The number of halogens is 2. The smallest absolute Gasteiger partial charge is 0.258 e. The van der Waals surface area contributed by atoms with Crippen molar-refractivity contribution in [3.8, 4) is 5.75 Å². The number of carbonyl (C=O) groups excluding carboxylic acids is 1. The molecule has 0 aliphatic rings. The Labute approximate surface area is 125 Å². The van der Waals surface area contributed by atoms with E-state index in [1.165, 1.54) is 6.07 Å². The number of carbonyl (C=O) groups is 1. The first-order valence-electron chi connectivity index (χ1n) is 5.83. The van der Waals surface area contributed by atoms with Gasteiger partial charge >= 0.3 is 0 Å². The predicted molar refractivity (Wildman–Crippen MR) is 77.6 cm³/mol. The van der Waals surface area contributed by atoms with E-state index in [-0.39, 0.29) is 15.9 Å². The standard InChI is InChI=1S/C13H11Cl2N3O2/c1-2-20-9-5-3-4-8(6-9)16-13(19)10-7-11(14)17-18-12(10)15/h3-7H,2H2,1H3,(H,16,19). The minimum absolute atomic E-state index is 0.00661. The Balaban J connectivity index is 2.19. The van der Waals surface area contributed by atoms with Crippen molar-refractivity contribution in [2.45, 2.75) is 6.92 Å². The van der Waals surface area contributed by atoms with Crippen LogP contribution in [0.15, 0.2) is 30.3 Å². The Kier molecular flexibility index (Phi) is 4.76. The Hall–Kier alpha value is -1.85. The van der Waals surface area contributed by atoms with Crippen molar-refractivity contribution >= 4 is 34.8 Å². The number of rotatable bonds is 4. The highest BCUT2D eigenvalue weighted by atomic mass is 35.5. The predicted octanol–water partition coefficient (Wildman–Crippen LogP) is 3.43. The van der Waals surface area contributed by atoms with Crippen molar-refractivity contribution in [1.29, 1.82) is 0 Å². The molecule has 0 radical (unpaired) electrons. The van der Waals surface area contributed by atoms with Gasteiger partial charge in [-0.2, -0.15) is 0 Å². The van der Waals surface area contributed by atoms with Crippen LogP contribution in [0.5, 0.6) is 5.75 Å². The lowest BCUT2D eigenvalue weighted by molar-refractivity contribution is 0.102. The molecule has 0 saturated heterocycles. The van der Waals surface area contributed by atoms with Gasteiger partial charge in [-0.05, 0) is 25.1 Å². The maximum absolute atomic E-state index is 12.1. The second kappa shape index (κ2) is 6.54. The van der Waals surface area contributed by atoms with Gasteiger partial charge in [0.05, 0.1) is 12.2 Å². The van der Waals surface area contributed by atoms with Crippen LogP contribution in [-0.2, 0) is 0 Å². The van der Waals surface area contributed by atoms with Crippen LogP contribution in [0.2, 0.25) is 10.3 Å². The Bertz CT molecular complexity index is 635. The van der Waals surface area contributed by atoms with Crippen LogP contribution >= 0.6 is 23.2 Å². The molecule has 0 aliphatic carbocycles. The van der Waals surface area contributed by atoms with Crippen molar-refractivity contribution in [2.24, 2.45) is 0 Å². The molecule has 20 heavy (non-hydrogen) atoms. The van der Waals surface area contributed by atoms with Crippen LogP contribution in [0.3, 0.4) is 0 Å². The van der Waals surface area contributed by atoms with Crippen molar-refractivity contribution in [2.75, 3.05) is 11.9 Å². The topological polar surface area (TPSA) is 64.1 Å². The fraction of sp³-hybridized carbons (Fsp3) is 0.154. The average molecular weight is 312 g/mol. The highest BCUT2D eigenvalue weighted by molar-refractivity contribution is 6.34. The molecule has 0 fully saturated rings. The lowest BCUT2D eigenvalue weighted by atomic mass is 10.2. The zero-order valence-corrected chi connectivity index (χ0v) is 12.1. The van der Waals surface area contributed by atoms with E-state index < -0.39 is 5.91 Å². The van der Waals surface area contributed by atoms with Crippen LogP contribution < -0.4 is 10.1 Å². The third-order valence-corrected chi connectivity index (χ3v) is 2.83. The zero-order valence-electron chi connectivity index (χ0n) is 10.6. The molecule has 1 heterocycles. The molecule has 1 aromatic carbocycles. The first kappa shape index (κ1) is 14.6. The van der Waals surface area contributed by atoms with E-state index in [1.807, 2.05) is 6.92 Å². The summed E-state index contributed by atoms with van der Waals surface area (Å²) in [5, 5.41) is 9.93. The Morgan fingerprint density at radius 2 is 2.10 bits per heavy atom. The molecule has 0 saturated carbocycles. The molecule has 0 unspecified atom stereocenters. The van der Waals surface area contributed by atoms with Gasteiger partial charge in [0.2, 0.25) is 0 Å². The van der Waals surface area contributed by atoms with Gasteiger partial charge in [0.15, 0.2) is 10.3 Å². The van der Waals surface area contributed by atoms with E-state index in [0.29, 0.717) is 18.0 Å². The number of hydrogen-bond donors (Lipinski definition) is 1. The number of ether oxygens (including phenoxy) is 1. The molecule has 104 valence electrons. The summed E-state index contributed by atoms with van der Waals surface area (Å²) in [6.07, 6.45) is 0.